The third-order valence-electron chi connectivity index (χ3n) is 0.953. The highest BCUT2D eigenvalue weighted by Gasteiger charge is 2.56. The lowest BCUT2D eigenvalue weighted by Gasteiger charge is -2.18. The number of hydrogen-bond donors (Lipinski definition) is 0. The summed E-state index contributed by atoms with van der Waals surface area (Å²) < 4.78 is 58.3. The molecule has 0 aromatic rings. The standard InChI is InChI=1S/C5H8F5P/c1-2-3-11-5(9,10)4(6,7)8/h11H,2-3H2,1H3. The van der Waals surface area contributed by atoms with Crippen molar-refractivity contribution in [1.29, 1.82) is 0 Å². The molecular weight excluding hydrogens is 186 g/mol. The summed E-state index contributed by atoms with van der Waals surface area (Å²) in [5.41, 5.74) is -4.48. The van der Waals surface area contributed by atoms with Gasteiger partial charge in [0.05, 0.1) is 0 Å². The van der Waals surface area contributed by atoms with E-state index in [1.54, 1.807) is 6.92 Å². The van der Waals surface area contributed by atoms with Gasteiger partial charge in [-0.15, -0.1) is 0 Å². The van der Waals surface area contributed by atoms with E-state index in [-0.39, 0.29) is 6.16 Å². The fraction of sp³-hybridized carbons (Fsp3) is 1.00. The van der Waals surface area contributed by atoms with E-state index in [9.17, 15) is 22.0 Å². The molecule has 11 heavy (non-hydrogen) atoms. The van der Waals surface area contributed by atoms with Crippen LogP contribution in [-0.4, -0.2) is 18.0 Å². The summed E-state index contributed by atoms with van der Waals surface area (Å²) in [5.74, 6) is 0. The lowest BCUT2D eigenvalue weighted by Crippen LogP contribution is -2.31. The Labute approximate surface area is 62.9 Å². The summed E-state index contributed by atoms with van der Waals surface area (Å²) in [7, 11) is -1.35. The molecule has 0 aliphatic rings. The van der Waals surface area contributed by atoms with E-state index in [1.165, 1.54) is 0 Å². The molecule has 1 unspecified atom stereocenters. The van der Waals surface area contributed by atoms with Crippen molar-refractivity contribution in [1.82, 2.24) is 0 Å². The van der Waals surface area contributed by atoms with E-state index in [0.29, 0.717) is 6.42 Å². The van der Waals surface area contributed by atoms with Gasteiger partial charge < -0.3 is 0 Å². The maximum Gasteiger partial charge on any atom is 0.457 e. The smallest absolute Gasteiger partial charge is 0.192 e. The van der Waals surface area contributed by atoms with E-state index in [0.717, 1.165) is 0 Å². The second kappa shape index (κ2) is 3.65. The monoisotopic (exact) mass is 194 g/mol. The highest BCUT2D eigenvalue weighted by atomic mass is 31.1. The molecule has 68 valence electrons. The van der Waals surface area contributed by atoms with Crippen molar-refractivity contribution in [2.75, 3.05) is 6.16 Å². The van der Waals surface area contributed by atoms with Gasteiger partial charge in [0.25, 0.3) is 0 Å². The van der Waals surface area contributed by atoms with Crippen LogP contribution in [0.3, 0.4) is 0 Å². The average molecular weight is 194 g/mol. The first kappa shape index (κ1) is 11.1. The van der Waals surface area contributed by atoms with Gasteiger partial charge in [-0.25, -0.2) is 0 Å². The Morgan fingerprint density at radius 3 is 1.82 bits per heavy atom. The van der Waals surface area contributed by atoms with Crippen LogP contribution in [0.25, 0.3) is 0 Å². The topological polar surface area (TPSA) is 0 Å². The number of hydrogen-bond acceptors (Lipinski definition) is 0. The summed E-state index contributed by atoms with van der Waals surface area (Å²) in [4.78, 5) is 0. The van der Waals surface area contributed by atoms with Crippen molar-refractivity contribution in [2.45, 2.75) is 25.2 Å². The van der Waals surface area contributed by atoms with Gasteiger partial charge in [0.15, 0.2) is 0 Å². The molecule has 0 rings (SSSR count). The molecule has 0 radical (unpaired) electrons. The van der Waals surface area contributed by atoms with Crippen LogP contribution >= 0.6 is 8.58 Å². The van der Waals surface area contributed by atoms with E-state index < -0.39 is 20.4 Å². The third-order valence-corrected chi connectivity index (χ3v) is 2.43. The van der Waals surface area contributed by atoms with E-state index in [2.05, 4.69) is 0 Å². The molecule has 0 amide bonds. The summed E-state index contributed by atoms with van der Waals surface area (Å²) in [6, 6.07) is 0. The molecule has 0 aliphatic heterocycles. The normalized spacial score (nSPS) is 14.7. The van der Waals surface area contributed by atoms with Crippen molar-refractivity contribution in [3.8, 4) is 0 Å². The molecular formula is C5H8F5P. The Morgan fingerprint density at radius 1 is 1.09 bits per heavy atom. The maximum atomic E-state index is 12.0. The fourth-order valence-corrected chi connectivity index (χ4v) is 1.15. The average Bonchev–Trinajstić information content (AvgIpc) is 1.81. The zero-order chi connectivity index (χ0) is 9.12. The van der Waals surface area contributed by atoms with Crippen LogP contribution in [-0.2, 0) is 0 Å². The molecule has 0 saturated carbocycles. The molecule has 0 saturated heterocycles. The van der Waals surface area contributed by atoms with Gasteiger partial charge in [0.1, 0.15) is 0 Å². The van der Waals surface area contributed by atoms with Gasteiger partial charge in [0.2, 0.25) is 0 Å². The molecule has 0 N–H and O–H groups in total. The summed E-state index contributed by atoms with van der Waals surface area (Å²) >= 11 is 0. The SMILES string of the molecule is CCCPC(F)(F)C(F)(F)F. The van der Waals surface area contributed by atoms with Crippen LogP contribution in [0.4, 0.5) is 22.0 Å². The van der Waals surface area contributed by atoms with Gasteiger partial charge in [-0.05, 0) is 14.7 Å². The zero-order valence-electron chi connectivity index (χ0n) is 5.80. The van der Waals surface area contributed by atoms with Crippen LogP contribution in [0.1, 0.15) is 13.3 Å². The molecule has 1 atom stereocenters. The minimum absolute atomic E-state index is 0.0769. The maximum absolute atomic E-state index is 12.0. The highest BCUT2D eigenvalue weighted by molar-refractivity contribution is 7.39. The van der Waals surface area contributed by atoms with Gasteiger partial charge in [0, 0.05) is 0 Å². The van der Waals surface area contributed by atoms with Crippen LogP contribution in [0.5, 0.6) is 0 Å². The van der Waals surface area contributed by atoms with Crippen molar-refractivity contribution in [3.63, 3.8) is 0 Å². The minimum Gasteiger partial charge on any atom is -0.192 e. The van der Waals surface area contributed by atoms with Crippen LogP contribution < -0.4 is 0 Å². The molecule has 0 heterocycles. The Balaban J connectivity index is 4.00. The third kappa shape index (κ3) is 3.32. The van der Waals surface area contributed by atoms with Crippen molar-refractivity contribution < 1.29 is 22.0 Å². The highest BCUT2D eigenvalue weighted by Crippen LogP contribution is 2.48. The molecule has 0 bridgehead atoms. The second-order valence-corrected chi connectivity index (χ2v) is 3.48. The van der Waals surface area contributed by atoms with Crippen molar-refractivity contribution >= 4 is 8.58 Å². The molecule has 0 spiro atoms. The fourth-order valence-electron chi connectivity index (χ4n) is 0.382. The Bertz CT molecular complexity index is 119. The van der Waals surface area contributed by atoms with E-state index >= 15 is 0 Å². The number of halogens is 5. The van der Waals surface area contributed by atoms with Gasteiger partial charge >= 0.3 is 11.8 Å². The predicted octanol–water partition coefficient (Wildman–Crippen LogP) is 3.23. The van der Waals surface area contributed by atoms with Gasteiger partial charge in [-0.2, -0.15) is 22.0 Å². The van der Waals surface area contributed by atoms with Crippen LogP contribution in [0.15, 0.2) is 0 Å². The van der Waals surface area contributed by atoms with Crippen molar-refractivity contribution in [2.24, 2.45) is 0 Å². The Hall–Kier alpha value is 0.0800. The van der Waals surface area contributed by atoms with Crippen LogP contribution in [0.2, 0.25) is 0 Å². The lowest BCUT2D eigenvalue weighted by atomic mass is 10.6. The summed E-state index contributed by atoms with van der Waals surface area (Å²) in [5, 5.41) is 0. The first-order valence-electron chi connectivity index (χ1n) is 3.01. The summed E-state index contributed by atoms with van der Waals surface area (Å²) in [6.07, 6.45) is -5.10. The zero-order valence-corrected chi connectivity index (χ0v) is 6.80. The molecule has 0 aliphatic carbocycles. The van der Waals surface area contributed by atoms with Crippen molar-refractivity contribution in [3.05, 3.63) is 0 Å². The summed E-state index contributed by atoms with van der Waals surface area (Å²) in [6.45, 7) is 1.57. The lowest BCUT2D eigenvalue weighted by molar-refractivity contribution is -0.239. The molecule has 0 nitrogen and oxygen atoms in total. The first-order chi connectivity index (χ1) is 4.81. The largest absolute Gasteiger partial charge is 0.457 e. The number of alkyl halides is 5. The molecule has 0 fully saturated rings. The van der Waals surface area contributed by atoms with E-state index in [4.69, 9.17) is 0 Å². The quantitative estimate of drug-likeness (QED) is 0.478. The predicted molar refractivity (Wildman–Crippen MR) is 34.5 cm³/mol. The second-order valence-electron chi connectivity index (χ2n) is 2.00. The first-order valence-corrected chi connectivity index (χ1v) is 4.21. The van der Waals surface area contributed by atoms with Crippen LogP contribution in [0, 0.1) is 0 Å². The van der Waals surface area contributed by atoms with E-state index in [1.807, 2.05) is 0 Å². The minimum atomic E-state index is -5.37. The number of rotatable bonds is 3. The Kier molecular flexibility index (Phi) is 3.68. The molecule has 0 aromatic carbocycles. The molecule has 0 aromatic heterocycles. The molecule has 6 heteroatoms. The van der Waals surface area contributed by atoms with Gasteiger partial charge in [-0.1, -0.05) is 13.3 Å². The Morgan fingerprint density at radius 2 is 1.55 bits per heavy atom. The van der Waals surface area contributed by atoms with Gasteiger partial charge in [-0.3, -0.25) is 0 Å².